The predicted molar refractivity (Wildman–Crippen MR) is 96.6 cm³/mol. The molecule has 1 amide bonds. The molecule has 0 radical (unpaired) electrons. The van der Waals surface area contributed by atoms with Crippen LogP contribution in [0.4, 0.5) is 10.1 Å². The highest BCUT2D eigenvalue weighted by molar-refractivity contribution is 9.10. The van der Waals surface area contributed by atoms with Crippen LogP contribution < -0.4 is 15.8 Å². The first kappa shape index (κ1) is 18.4. The molecule has 3 N–H and O–H groups in total. The van der Waals surface area contributed by atoms with Gasteiger partial charge in [0.2, 0.25) is 5.91 Å². The van der Waals surface area contributed by atoms with E-state index in [2.05, 4.69) is 21.2 Å². The molecular formula is C18H20BrFN2O2. The number of halogens is 2. The Morgan fingerprint density at radius 1 is 1.29 bits per heavy atom. The Bertz CT molecular complexity index is 692. The SMILES string of the molecule is CC(Cc1ccc(F)c(Br)c1)C(=O)Nc1ccc(OCCN)cc1. The first-order valence-corrected chi connectivity index (χ1v) is 8.46. The maximum Gasteiger partial charge on any atom is 0.227 e. The van der Waals surface area contributed by atoms with Crippen LogP contribution >= 0.6 is 15.9 Å². The van der Waals surface area contributed by atoms with Gasteiger partial charge >= 0.3 is 0 Å². The number of benzene rings is 2. The number of rotatable bonds is 7. The normalized spacial score (nSPS) is 11.8. The number of anilines is 1. The number of carbonyl (C=O) groups is 1. The summed E-state index contributed by atoms with van der Waals surface area (Å²) >= 11 is 3.16. The van der Waals surface area contributed by atoms with Crippen molar-refractivity contribution in [2.75, 3.05) is 18.5 Å². The average Bonchev–Trinajstić information content (AvgIpc) is 2.57. The van der Waals surface area contributed by atoms with E-state index < -0.39 is 0 Å². The summed E-state index contributed by atoms with van der Waals surface area (Å²) in [5.41, 5.74) is 6.98. The van der Waals surface area contributed by atoms with Crippen LogP contribution in [0.1, 0.15) is 12.5 Å². The van der Waals surface area contributed by atoms with Gasteiger partial charge in [0.15, 0.2) is 0 Å². The van der Waals surface area contributed by atoms with Gasteiger partial charge < -0.3 is 15.8 Å². The van der Waals surface area contributed by atoms with E-state index in [1.807, 2.05) is 6.92 Å². The molecule has 24 heavy (non-hydrogen) atoms. The minimum absolute atomic E-state index is 0.0916. The summed E-state index contributed by atoms with van der Waals surface area (Å²) in [6, 6.07) is 11.9. The fourth-order valence-corrected chi connectivity index (χ4v) is 2.62. The van der Waals surface area contributed by atoms with Gasteiger partial charge in [-0.3, -0.25) is 4.79 Å². The lowest BCUT2D eigenvalue weighted by molar-refractivity contribution is -0.119. The molecule has 128 valence electrons. The fourth-order valence-electron chi connectivity index (χ4n) is 2.19. The summed E-state index contributed by atoms with van der Waals surface area (Å²) in [7, 11) is 0. The molecular weight excluding hydrogens is 375 g/mol. The van der Waals surface area contributed by atoms with Gasteiger partial charge in [-0.05, 0) is 64.3 Å². The van der Waals surface area contributed by atoms with Gasteiger partial charge in [0, 0.05) is 18.2 Å². The Morgan fingerprint density at radius 3 is 2.62 bits per heavy atom. The standard InChI is InChI=1S/C18H20BrFN2O2/c1-12(10-13-2-7-17(20)16(19)11-13)18(23)22-14-3-5-15(6-4-14)24-9-8-21/h2-7,11-12H,8-10,21H2,1H3,(H,22,23). The lowest BCUT2D eigenvalue weighted by Crippen LogP contribution is -2.22. The molecule has 0 aliphatic rings. The van der Waals surface area contributed by atoms with Crippen LogP contribution in [0.3, 0.4) is 0 Å². The number of nitrogens with two attached hydrogens (primary N) is 1. The number of amides is 1. The molecule has 2 rings (SSSR count). The summed E-state index contributed by atoms with van der Waals surface area (Å²) in [6.07, 6.45) is 0.530. The third-order valence-corrected chi connectivity index (χ3v) is 4.09. The Hall–Kier alpha value is -1.92. The summed E-state index contributed by atoms with van der Waals surface area (Å²) in [5.74, 6) is 0.0667. The summed E-state index contributed by atoms with van der Waals surface area (Å²) in [5, 5.41) is 2.87. The second-order valence-corrected chi connectivity index (χ2v) is 6.36. The minimum atomic E-state index is -0.312. The van der Waals surface area contributed by atoms with Crippen molar-refractivity contribution < 1.29 is 13.9 Å². The van der Waals surface area contributed by atoms with Crippen molar-refractivity contribution in [3.05, 3.63) is 58.3 Å². The number of hydrogen-bond donors (Lipinski definition) is 2. The van der Waals surface area contributed by atoms with Gasteiger partial charge in [0.1, 0.15) is 18.2 Å². The zero-order valence-electron chi connectivity index (χ0n) is 13.4. The van der Waals surface area contributed by atoms with Crippen molar-refractivity contribution in [1.82, 2.24) is 0 Å². The third kappa shape index (κ3) is 5.32. The predicted octanol–water partition coefficient (Wildman–Crippen LogP) is 3.74. The van der Waals surface area contributed by atoms with E-state index in [1.54, 1.807) is 36.4 Å². The molecule has 0 aromatic heterocycles. The molecule has 0 heterocycles. The maximum absolute atomic E-state index is 13.2. The molecule has 0 aliphatic heterocycles. The van der Waals surface area contributed by atoms with Gasteiger partial charge in [0.05, 0.1) is 4.47 Å². The van der Waals surface area contributed by atoms with E-state index in [9.17, 15) is 9.18 Å². The monoisotopic (exact) mass is 394 g/mol. The molecule has 0 bridgehead atoms. The Kier molecular flexibility index (Phi) is 6.75. The lowest BCUT2D eigenvalue weighted by atomic mass is 10.0. The Labute approximate surface area is 149 Å². The largest absolute Gasteiger partial charge is 0.492 e. The summed E-state index contributed by atoms with van der Waals surface area (Å²) in [4.78, 5) is 12.3. The Balaban J connectivity index is 1.92. The molecule has 1 unspecified atom stereocenters. The topological polar surface area (TPSA) is 64.3 Å². The first-order chi connectivity index (χ1) is 11.5. The summed E-state index contributed by atoms with van der Waals surface area (Å²) in [6.45, 7) is 2.75. The highest BCUT2D eigenvalue weighted by Gasteiger charge is 2.14. The second-order valence-electron chi connectivity index (χ2n) is 5.50. The second kappa shape index (κ2) is 8.80. The van der Waals surface area contributed by atoms with E-state index in [4.69, 9.17) is 10.5 Å². The van der Waals surface area contributed by atoms with E-state index in [0.29, 0.717) is 35.5 Å². The van der Waals surface area contributed by atoms with Crippen LogP contribution in [0.15, 0.2) is 46.9 Å². The van der Waals surface area contributed by atoms with Gasteiger partial charge in [0.25, 0.3) is 0 Å². The minimum Gasteiger partial charge on any atom is -0.492 e. The first-order valence-electron chi connectivity index (χ1n) is 7.67. The van der Waals surface area contributed by atoms with Gasteiger partial charge in [-0.1, -0.05) is 13.0 Å². The van der Waals surface area contributed by atoms with Gasteiger partial charge in [-0.2, -0.15) is 0 Å². The average molecular weight is 395 g/mol. The van der Waals surface area contributed by atoms with Crippen molar-refractivity contribution in [3.63, 3.8) is 0 Å². The van der Waals surface area contributed by atoms with Gasteiger partial charge in [-0.25, -0.2) is 4.39 Å². The molecule has 2 aromatic rings. The van der Waals surface area contributed by atoms with Crippen LogP contribution in [0.5, 0.6) is 5.75 Å². The van der Waals surface area contributed by atoms with E-state index in [-0.39, 0.29) is 17.6 Å². The van der Waals surface area contributed by atoms with Crippen LogP contribution in [0, 0.1) is 11.7 Å². The quantitative estimate of drug-likeness (QED) is 0.751. The number of hydrogen-bond acceptors (Lipinski definition) is 3. The molecule has 6 heteroatoms. The van der Waals surface area contributed by atoms with E-state index in [1.165, 1.54) is 6.07 Å². The fraction of sp³-hybridized carbons (Fsp3) is 0.278. The van der Waals surface area contributed by atoms with Crippen molar-refractivity contribution in [3.8, 4) is 5.75 Å². The van der Waals surface area contributed by atoms with Crippen LogP contribution in [-0.2, 0) is 11.2 Å². The van der Waals surface area contributed by atoms with Crippen LogP contribution in [0.25, 0.3) is 0 Å². The highest BCUT2D eigenvalue weighted by Crippen LogP contribution is 2.20. The van der Waals surface area contributed by atoms with Crippen molar-refractivity contribution in [2.24, 2.45) is 11.7 Å². The molecule has 0 saturated carbocycles. The molecule has 1 atom stereocenters. The molecule has 2 aromatic carbocycles. The van der Waals surface area contributed by atoms with Crippen molar-refractivity contribution in [2.45, 2.75) is 13.3 Å². The zero-order valence-corrected chi connectivity index (χ0v) is 15.0. The van der Waals surface area contributed by atoms with E-state index in [0.717, 1.165) is 5.56 Å². The molecule has 0 fully saturated rings. The molecule has 0 aliphatic carbocycles. The van der Waals surface area contributed by atoms with Gasteiger partial charge in [-0.15, -0.1) is 0 Å². The number of nitrogens with one attached hydrogen (secondary N) is 1. The number of ether oxygens (including phenoxy) is 1. The smallest absolute Gasteiger partial charge is 0.227 e. The molecule has 4 nitrogen and oxygen atoms in total. The lowest BCUT2D eigenvalue weighted by Gasteiger charge is -2.13. The molecule has 0 spiro atoms. The van der Waals surface area contributed by atoms with Crippen LogP contribution in [0.2, 0.25) is 0 Å². The maximum atomic E-state index is 13.2. The summed E-state index contributed by atoms with van der Waals surface area (Å²) < 4.78 is 19.0. The molecule has 0 saturated heterocycles. The van der Waals surface area contributed by atoms with E-state index >= 15 is 0 Å². The third-order valence-electron chi connectivity index (χ3n) is 3.48. The Morgan fingerprint density at radius 2 is 2.00 bits per heavy atom. The van der Waals surface area contributed by atoms with Crippen molar-refractivity contribution in [1.29, 1.82) is 0 Å². The van der Waals surface area contributed by atoms with Crippen molar-refractivity contribution >= 4 is 27.5 Å². The van der Waals surface area contributed by atoms with Crippen LogP contribution in [-0.4, -0.2) is 19.1 Å². The highest BCUT2D eigenvalue weighted by atomic mass is 79.9. The number of carbonyl (C=O) groups excluding carboxylic acids is 1. The zero-order chi connectivity index (χ0) is 17.5.